The van der Waals surface area contributed by atoms with Crippen LogP contribution in [0.3, 0.4) is 0 Å². The number of ketones is 1. The van der Waals surface area contributed by atoms with Crippen LogP contribution in [0.1, 0.15) is 68.8 Å². The number of rotatable bonds is 11. The summed E-state index contributed by atoms with van der Waals surface area (Å²) in [5, 5.41) is 0. The van der Waals surface area contributed by atoms with Crippen LogP contribution in [0.5, 0.6) is 0 Å². The predicted molar refractivity (Wildman–Crippen MR) is 114 cm³/mol. The van der Waals surface area contributed by atoms with Crippen molar-refractivity contribution < 1.29 is 14.3 Å². The topological polar surface area (TPSA) is 43.4 Å². The molecule has 0 saturated carbocycles. The number of benzene rings is 2. The van der Waals surface area contributed by atoms with Gasteiger partial charge in [-0.3, -0.25) is 4.79 Å². The zero-order valence-electron chi connectivity index (χ0n) is 17.4. The minimum Gasteiger partial charge on any atom is -0.454 e. The fourth-order valence-corrected chi connectivity index (χ4v) is 3.16. The van der Waals surface area contributed by atoms with Crippen LogP contribution in [0.2, 0.25) is 0 Å². The molecule has 0 unspecified atom stereocenters. The first-order chi connectivity index (χ1) is 13.5. The molecule has 150 valence electrons. The number of esters is 1. The average molecular weight is 381 g/mol. The van der Waals surface area contributed by atoms with Gasteiger partial charge in [0.25, 0.3) is 0 Å². The maximum atomic E-state index is 12.1. The number of unbranched alkanes of at least 4 members (excludes halogenated alkanes) is 3. The van der Waals surface area contributed by atoms with Gasteiger partial charge in [-0.25, -0.2) is 4.79 Å². The quantitative estimate of drug-likeness (QED) is 0.342. The van der Waals surface area contributed by atoms with Gasteiger partial charge >= 0.3 is 5.97 Å². The van der Waals surface area contributed by atoms with Gasteiger partial charge in [-0.2, -0.15) is 0 Å². The lowest BCUT2D eigenvalue weighted by atomic mass is 10.0. The Morgan fingerprint density at radius 3 is 2.04 bits per heavy atom. The third-order valence-corrected chi connectivity index (χ3v) is 4.73. The zero-order chi connectivity index (χ0) is 20.4. The van der Waals surface area contributed by atoms with E-state index in [1.807, 2.05) is 26.0 Å². The van der Waals surface area contributed by atoms with E-state index in [4.69, 9.17) is 4.74 Å². The molecule has 3 heteroatoms. The normalized spacial score (nSPS) is 10.9. The Labute approximate surface area is 169 Å². The minimum absolute atomic E-state index is 0.0465. The van der Waals surface area contributed by atoms with Crippen molar-refractivity contribution in [1.29, 1.82) is 0 Å². The van der Waals surface area contributed by atoms with E-state index in [0.717, 1.165) is 17.5 Å². The highest BCUT2D eigenvalue weighted by molar-refractivity contribution is 5.92. The summed E-state index contributed by atoms with van der Waals surface area (Å²) in [6, 6.07) is 16.0. The van der Waals surface area contributed by atoms with Gasteiger partial charge in [0, 0.05) is 6.42 Å². The first kappa shape index (κ1) is 21.9. The second-order valence-corrected chi connectivity index (χ2v) is 7.80. The number of hydrogen-bond donors (Lipinski definition) is 0. The van der Waals surface area contributed by atoms with Gasteiger partial charge in [0.15, 0.2) is 5.78 Å². The van der Waals surface area contributed by atoms with Gasteiger partial charge in [-0.15, -0.1) is 0 Å². The molecule has 0 aliphatic carbocycles. The summed E-state index contributed by atoms with van der Waals surface area (Å²) in [6.07, 6.45) is 6.65. The highest BCUT2D eigenvalue weighted by atomic mass is 16.5. The maximum Gasteiger partial charge on any atom is 0.338 e. The Kier molecular flexibility index (Phi) is 8.93. The van der Waals surface area contributed by atoms with E-state index in [-0.39, 0.29) is 18.3 Å². The molecule has 3 nitrogen and oxygen atoms in total. The number of aryl methyl sites for hydroxylation is 1. The number of carbonyl (C=O) groups excluding carboxylic acids is 2. The Hall–Kier alpha value is -2.42. The molecule has 0 aliphatic heterocycles. The van der Waals surface area contributed by atoms with Crippen molar-refractivity contribution in [2.45, 2.75) is 59.3 Å². The van der Waals surface area contributed by atoms with Crippen molar-refractivity contribution in [1.82, 2.24) is 0 Å². The number of Topliss-reactive ketones (excluding diaryl/α,β-unsaturated/α-hetero) is 1. The van der Waals surface area contributed by atoms with E-state index < -0.39 is 5.97 Å². The summed E-state index contributed by atoms with van der Waals surface area (Å²) in [5.41, 5.74) is 4.02. The first-order valence-corrected chi connectivity index (χ1v) is 10.4. The summed E-state index contributed by atoms with van der Waals surface area (Å²) in [7, 11) is 0. The third-order valence-electron chi connectivity index (χ3n) is 4.73. The Bertz CT molecular complexity index is 742. The molecule has 0 amide bonds. The maximum absolute atomic E-state index is 12.1. The number of carbonyl (C=O) groups is 2. The van der Waals surface area contributed by atoms with Gasteiger partial charge in [0.05, 0.1) is 5.56 Å². The van der Waals surface area contributed by atoms with Crippen molar-refractivity contribution in [3.63, 3.8) is 0 Å². The number of hydrogen-bond acceptors (Lipinski definition) is 3. The third kappa shape index (κ3) is 7.30. The van der Waals surface area contributed by atoms with Crippen molar-refractivity contribution in [3.05, 3.63) is 59.7 Å². The molecule has 28 heavy (non-hydrogen) atoms. The Morgan fingerprint density at radius 2 is 1.46 bits per heavy atom. The molecule has 0 aliphatic rings. The monoisotopic (exact) mass is 380 g/mol. The standard InChI is InChI=1S/C25H32O3/c1-4-5-6-7-8-20-9-11-21(12-10-20)22-13-15-23(16-14-22)25(27)28-18-24(26)17-19(2)3/h9-16,19H,4-8,17-18H2,1-3H3. The molecule has 0 saturated heterocycles. The van der Waals surface area contributed by atoms with Crippen molar-refractivity contribution >= 4 is 11.8 Å². The van der Waals surface area contributed by atoms with E-state index in [1.165, 1.54) is 31.2 Å². The van der Waals surface area contributed by atoms with Gasteiger partial charge in [-0.05, 0) is 47.6 Å². The first-order valence-electron chi connectivity index (χ1n) is 10.4. The van der Waals surface area contributed by atoms with E-state index in [2.05, 4.69) is 31.2 Å². The fraction of sp³-hybridized carbons (Fsp3) is 0.440. The molecule has 2 aromatic carbocycles. The molecule has 0 fully saturated rings. The molecule has 0 aromatic heterocycles. The highest BCUT2D eigenvalue weighted by Crippen LogP contribution is 2.21. The SMILES string of the molecule is CCCCCCc1ccc(-c2ccc(C(=O)OCC(=O)CC(C)C)cc2)cc1. The second kappa shape index (κ2) is 11.4. The number of ether oxygens (including phenoxy) is 1. The van der Waals surface area contributed by atoms with Crippen molar-refractivity contribution in [3.8, 4) is 11.1 Å². The van der Waals surface area contributed by atoms with E-state index in [0.29, 0.717) is 12.0 Å². The second-order valence-electron chi connectivity index (χ2n) is 7.80. The predicted octanol–water partition coefficient (Wildman–Crippen LogP) is 6.25. The smallest absolute Gasteiger partial charge is 0.338 e. The molecule has 0 N–H and O–H groups in total. The fourth-order valence-electron chi connectivity index (χ4n) is 3.16. The minimum atomic E-state index is -0.453. The van der Waals surface area contributed by atoms with E-state index >= 15 is 0 Å². The summed E-state index contributed by atoms with van der Waals surface area (Å²) in [5.74, 6) is -0.228. The molecule has 0 bridgehead atoms. The largest absolute Gasteiger partial charge is 0.454 e. The molecule has 0 spiro atoms. The summed E-state index contributed by atoms with van der Waals surface area (Å²) in [6.45, 7) is 6.01. The van der Waals surface area contributed by atoms with Gasteiger partial charge < -0.3 is 4.74 Å². The summed E-state index contributed by atoms with van der Waals surface area (Å²) < 4.78 is 5.12. The molecule has 0 radical (unpaired) electrons. The van der Waals surface area contributed by atoms with Crippen LogP contribution in [0.25, 0.3) is 11.1 Å². The highest BCUT2D eigenvalue weighted by Gasteiger charge is 2.11. The lowest BCUT2D eigenvalue weighted by Gasteiger charge is -2.08. The Morgan fingerprint density at radius 1 is 0.857 bits per heavy atom. The molecular formula is C25H32O3. The van der Waals surface area contributed by atoms with E-state index in [9.17, 15) is 9.59 Å². The Balaban J connectivity index is 1.89. The van der Waals surface area contributed by atoms with Gasteiger partial charge in [-0.1, -0.05) is 76.4 Å². The lowest BCUT2D eigenvalue weighted by molar-refractivity contribution is -0.122. The molecular weight excluding hydrogens is 348 g/mol. The van der Waals surface area contributed by atoms with Crippen molar-refractivity contribution in [2.75, 3.05) is 6.61 Å². The van der Waals surface area contributed by atoms with Gasteiger partial charge in [0.1, 0.15) is 6.61 Å². The van der Waals surface area contributed by atoms with Crippen LogP contribution in [-0.4, -0.2) is 18.4 Å². The van der Waals surface area contributed by atoms with Crippen molar-refractivity contribution in [2.24, 2.45) is 5.92 Å². The molecule has 0 atom stereocenters. The summed E-state index contributed by atoms with van der Waals surface area (Å²) >= 11 is 0. The van der Waals surface area contributed by atoms with Crippen LogP contribution >= 0.6 is 0 Å². The molecule has 2 aromatic rings. The average Bonchev–Trinajstić information content (AvgIpc) is 2.69. The van der Waals surface area contributed by atoms with Crippen LogP contribution in [0, 0.1) is 5.92 Å². The molecule has 0 heterocycles. The van der Waals surface area contributed by atoms with Crippen LogP contribution in [-0.2, 0) is 16.0 Å². The van der Waals surface area contributed by atoms with Crippen LogP contribution in [0.15, 0.2) is 48.5 Å². The van der Waals surface area contributed by atoms with Crippen LogP contribution < -0.4 is 0 Å². The molecule has 2 rings (SSSR count). The summed E-state index contributed by atoms with van der Waals surface area (Å²) in [4.78, 5) is 23.8. The van der Waals surface area contributed by atoms with Gasteiger partial charge in [0.2, 0.25) is 0 Å². The van der Waals surface area contributed by atoms with Crippen LogP contribution in [0.4, 0.5) is 0 Å². The van der Waals surface area contributed by atoms with E-state index in [1.54, 1.807) is 12.1 Å². The zero-order valence-corrected chi connectivity index (χ0v) is 17.4. The lowest BCUT2D eigenvalue weighted by Crippen LogP contribution is -2.15.